The van der Waals surface area contributed by atoms with Crippen molar-refractivity contribution in [2.45, 2.75) is 13.3 Å². The summed E-state index contributed by atoms with van der Waals surface area (Å²) in [5, 5.41) is 8.79. The number of rotatable bonds is 5. The standard InChI is InChI=1S/C12H15Cl2N3O2/c1-8(18)15-5-2-6-16-12(19)17-11-7-9(13)3-4-10(11)14/h3-4,7H,2,5-6H2,1H3,(H,15,18)(H2,16,17,19). The number of amides is 3. The molecule has 0 saturated carbocycles. The summed E-state index contributed by atoms with van der Waals surface area (Å²) in [6, 6.07) is 4.45. The first-order valence-electron chi connectivity index (χ1n) is 5.73. The van der Waals surface area contributed by atoms with Crippen molar-refractivity contribution < 1.29 is 9.59 Å². The van der Waals surface area contributed by atoms with Crippen LogP contribution >= 0.6 is 23.2 Å². The van der Waals surface area contributed by atoms with Crippen LogP contribution in [0.15, 0.2) is 18.2 Å². The molecule has 5 nitrogen and oxygen atoms in total. The zero-order valence-electron chi connectivity index (χ0n) is 10.4. The molecule has 0 heterocycles. The Balaban J connectivity index is 2.31. The summed E-state index contributed by atoms with van der Waals surface area (Å²) in [5.41, 5.74) is 0.452. The van der Waals surface area contributed by atoms with Gasteiger partial charge >= 0.3 is 6.03 Å². The van der Waals surface area contributed by atoms with Gasteiger partial charge in [-0.05, 0) is 24.6 Å². The van der Waals surface area contributed by atoms with Crippen molar-refractivity contribution in [1.29, 1.82) is 0 Å². The number of hydrogen-bond acceptors (Lipinski definition) is 2. The van der Waals surface area contributed by atoms with E-state index in [1.54, 1.807) is 18.2 Å². The summed E-state index contributed by atoms with van der Waals surface area (Å²) in [7, 11) is 0. The Hall–Kier alpha value is -1.46. The molecule has 0 aliphatic carbocycles. The number of halogens is 2. The lowest BCUT2D eigenvalue weighted by atomic mass is 10.3. The van der Waals surface area contributed by atoms with Crippen molar-refractivity contribution in [3.8, 4) is 0 Å². The van der Waals surface area contributed by atoms with E-state index in [1.807, 2.05) is 0 Å². The Morgan fingerprint density at radius 3 is 2.53 bits per heavy atom. The normalized spacial score (nSPS) is 9.84. The summed E-state index contributed by atoms with van der Waals surface area (Å²) in [6.45, 7) is 2.42. The second-order valence-corrected chi connectivity index (χ2v) is 4.69. The number of benzene rings is 1. The number of hydrogen-bond donors (Lipinski definition) is 3. The van der Waals surface area contributed by atoms with E-state index in [1.165, 1.54) is 6.92 Å². The van der Waals surface area contributed by atoms with Gasteiger partial charge in [-0.2, -0.15) is 0 Å². The van der Waals surface area contributed by atoms with Crippen molar-refractivity contribution in [2.24, 2.45) is 0 Å². The van der Waals surface area contributed by atoms with Gasteiger partial charge in [0.1, 0.15) is 0 Å². The Morgan fingerprint density at radius 1 is 1.16 bits per heavy atom. The van der Waals surface area contributed by atoms with Crippen LogP contribution in [0.3, 0.4) is 0 Å². The number of carbonyl (C=O) groups is 2. The molecule has 0 unspecified atom stereocenters. The van der Waals surface area contributed by atoms with Crippen molar-refractivity contribution >= 4 is 40.8 Å². The molecule has 0 atom stereocenters. The number of urea groups is 1. The fourth-order valence-electron chi connectivity index (χ4n) is 1.31. The van der Waals surface area contributed by atoms with E-state index in [9.17, 15) is 9.59 Å². The molecule has 3 amide bonds. The Kier molecular flexibility index (Phi) is 6.45. The van der Waals surface area contributed by atoms with Crippen LogP contribution in [-0.4, -0.2) is 25.0 Å². The predicted molar refractivity (Wildman–Crippen MR) is 76.8 cm³/mol. The molecule has 0 bridgehead atoms. The van der Waals surface area contributed by atoms with Crippen LogP contribution in [0, 0.1) is 0 Å². The average molecular weight is 304 g/mol. The molecular formula is C12H15Cl2N3O2. The van der Waals surface area contributed by atoms with Gasteiger partial charge in [0.25, 0.3) is 0 Å². The molecule has 0 saturated heterocycles. The number of carbonyl (C=O) groups excluding carboxylic acids is 2. The molecule has 0 spiro atoms. The van der Waals surface area contributed by atoms with E-state index in [0.717, 1.165) is 0 Å². The van der Waals surface area contributed by atoms with Crippen LogP contribution in [0.4, 0.5) is 10.5 Å². The maximum absolute atomic E-state index is 11.6. The van der Waals surface area contributed by atoms with Gasteiger partial charge in [-0.1, -0.05) is 23.2 Å². The molecular weight excluding hydrogens is 289 g/mol. The fraction of sp³-hybridized carbons (Fsp3) is 0.333. The van der Waals surface area contributed by atoms with Gasteiger partial charge in [0.05, 0.1) is 10.7 Å². The maximum Gasteiger partial charge on any atom is 0.319 e. The summed E-state index contributed by atoms with van der Waals surface area (Å²) < 4.78 is 0. The molecule has 0 aliphatic rings. The molecule has 1 aromatic carbocycles. The molecule has 3 N–H and O–H groups in total. The number of nitrogens with one attached hydrogen (secondary N) is 3. The van der Waals surface area contributed by atoms with E-state index >= 15 is 0 Å². The quantitative estimate of drug-likeness (QED) is 0.732. The van der Waals surface area contributed by atoms with E-state index in [2.05, 4.69) is 16.0 Å². The van der Waals surface area contributed by atoms with Gasteiger partial charge in [0, 0.05) is 25.0 Å². The Labute approximate surface area is 121 Å². The first-order chi connectivity index (χ1) is 8.99. The second kappa shape index (κ2) is 7.86. The SMILES string of the molecule is CC(=O)NCCCNC(=O)Nc1cc(Cl)ccc1Cl. The smallest absolute Gasteiger partial charge is 0.319 e. The lowest BCUT2D eigenvalue weighted by Gasteiger charge is -2.09. The minimum absolute atomic E-state index is 0.0878. The van der Waals surface area contributed by atoms with Crippen molar-refractivity contribution in [2.75, 3.05) is 18.4 Å². The van der Waals surface area contributed by atoms with Crippen molar-refractivity contribution in [1.82, 2.24) is 10.6 Å². The summed E-state index contributed by atoms with van der Waals surface area (Å²) in [6.07, 6.45) is 0.649. The highest BCUT2D eigenvalue weighted by molar-refractivity contribution is 6.35. The van der Waals surface area contributed by atoms with Crippen molar-refractivity contribution in [3.63, 3.8) is 0 Å². The summed E-state index contributed by atoms with van der Waals surface area (Å²) in [4.78, 5) is 22.2. The van der Waals surface area contributed by atoms with Crippen molar-refractivity contribution in [3.05, 3.63) is 28.2 Å². The third kappa shape index (κ3) is 6.31. The third-order valence-corrected chi connectivity index (χ3v) is 2.75. The monoisotopic (exact) mass is 303 g/mol. The second-order valence-electron chi connectivity index (χ2n) is 3.84. The topological polar surface area (TPSA) is 70.2 Å². The Bertz CT molecular complexity index is 466. The van der Waals surface area contributed by atoms with Gasteiger partial charge in [0.2, 0.25) is 5.91 Å². The minimum Gasteiger partial charge on any atom is -0.356 e. The molecule has 0 aromatic heterocycles. The molecule has 0 aliphatic heterocycles. The van der Waals surface area contributed by atoms with Gasteiger partial charge < -0.3 is 16.0 Å². The highest BCUT2D eigenvalue weighted by Crippen LogP contribution is 2.25. The average Bonchev–Trinajstić information content (AvgIpc) is 2.33. The first kappa shape index (κ1) is 15.6. The van der Waals surface area contributed by atoms with Crippen LogP contribution < -0.4 is 16.0 Å². The van der Waals surface area contributed by atoms with Crippen LogP contribution in [0.25, 0.3) is 0 Å². The molecule has 1 rings (SSSR count). The van der Waals surface area contributed by atoms with Crippen LogP contribution in [0.5, 0.6) is 0 Å². The van der Waals surface area contributed by atoms with E-state index < -0.39 is 0 Å². The van der Waals surface area contributed by atoms with Crippen LogP contribution in [0.2, 0.25) is 10.0 Å². The molecule has 0 radical (unpaired) electrons. The predicted octanol–water partition coefficient (Wildman–Crippen LogP) is 2.64. The minimum atomic E-state index is -0.369. The zero-order valence-corrected chi connectivity index (χ0v) is 11.9. The highest BCUT2D eigenvalue weighted by Gasteiger charge is 2.05. The molecule has 1 aromatic rings. The lowest BCUT2D eigenvalue weighted by Crippen LogP contribution is -2.32. The van der Waals surface area contributed by atoms with Gasteiger partial charge in [-0.3, -0.25) is 4.79 Å². The fourth-order valence-corrected chi connectivity index (χ4v) is 1.65. The molecule has 104 valence electrons. The zero-order chi connectivity index (χ0) is 14.3. The maximum atomic E-state index is 11.6. The van der Waals surface area contributed by atoms with Gasteiger partial charge in [-0.15, -0.1) is 0 Å². The number of anilines is 1. The molecule has 0 fully saturated rings. The Morgan fingerprint density at radius 2 is 1.84 bits per heavy atom. The third-order valence-electron chi connectivity index (χ3n) is 2.19. The first-order valence-corrected chi connectivity index (χ1v) is 6.49. The van der Waals surface area contributed by atoms with E-state index in [0.29, 0.717) is 35.2 Å². The molecule has 19 heavy (non-hydrogen) atoms. The van der Waals surface area contributed by atoms with E-state index in [-0.39, 0.29) is 11.9 Å². The van der Waals surface area contributed by atoms with Gasteiger partial charge in [-0.25, -0.2) is 4.79 Å². The van der Waals surface area contributed by atoms with Crippen LogP contribution in [0.1, 0.15) is 13.3 Å². The molecule has 7 heteroatoms. The van der Waals surface area contributed by atoms with Crippen LogP contribution in [-0.2, 0) is 4.79 Å². The highest BCUT2D eigenvalue weighted by atomic mass is 35.5. The summed E-state index contributed by atoms with van der Waals surface area (Å²) >= 11 is 11.7. The lowest BCUT2D eigenvalue weighted by molar-refractivity contribution is -0.118. The summed E-state index contributed by atoms with van der Waals surface area (Å²) in [5.74, 6) is -0.0878. The largest absolute Gasteiger partial charge is 0.356 e. The van der Waals surface area contributed by atoms with E-state index in [4.69, 9.17) is 23.2 Å². The van der Waals surface area contributed by atoms with Gasteiger partial charge in [0.15, 0.2) is 0 Å².